The van der Waals surface area contributed by atoms with E-state index in [4.69, 9.17) is 14.9 Å². The second-order valence-corrected chi connectivity index (χ2v) is 19.6. The summed E-state index contributed by atoms with van der Waals surface area (Å²) in [5.41, 5.74) is 10.8. The quantitative estimate of drug-likeness (QED) is 0.0842. The summed E-state index contributed by atoms with van der Waals surface area (Å²) in [7, 11) is -0.431. The van der Waals surface area contributed by atoms with Crippen molar-refractivity contribution < 1.29 is 23.9 Å². The van der Waals surface area contributed by atoms with Gasteiger partial charge in [-0.15, -0.1) is 0 Å². The number of hydrogen-bond acceptors (Lipinski definition) is 7. The Bertz CT molecular complexity index is 2110. The number of carbonyl (C=O) groups excluding carboxylic acids is 2. The zero-order valence-electron chi connectivity index (χ0n) is 31.4. The van der Waals surface area contributed by atoms with Gasteiger partial charge in [0, 0.05) is 49.3 Å². The fourth-order valence-corrected chi connectivity index (χ4v) is 7.27. The molecule has 0 radical (unpaired) electrons. The highest BCUT2D eigenvalue weighted by Crippen LogP contribution is 2.41. The van der Waals surface area contributed by atoms with Gasteiger partial charge < -0.3 is 35.2 Å². The predicted molar refractivity (Wildman–Crippen MR) is 214 cm³/mol. The van der Waals surface area contributed by atoms with Crippen LogP contribution in [0.3, 0.4) is 0 Å². The molecule has 278 valence electrons. The molecular weight excluding hydrogens is 685 g/mol. The van der Waals surface area contributed by atoms with Crippen molar-refractivity contribution in [3.05, 3.63) is 124 Å². The molecule has 0 aliphatic heterocycles. The molecular formula is C42H50N4O6Si. The van der Waals surface area contributed by atoms with Crippen LogP contribution in [-0.2, 0) is 22.2 Å². The van der Waals surface area contributed by atoms with Crippen LogP contribution in [0.15, 0.2) is 102 Å². The number of hydrogen-bond donors (Lipinski definition) is 4. The Labute approximate surface area is 312 Å². The number of ether oxygens (including phenoxy) is 1. The van der Waals surface area contributed by atoms with Crippen molar-refractivity contribution in [3.8, 4) is 22.6 Å². The molecule has 53 heavy (non-hydrogen) atoms. The maximum Gasteiger partial charge on any atom is 0.409 e. The van der Waals surface area contributed by atoms with E-state index in [1.54, 1.807) is 24.1 Å². The molecule has 5 aromatic rings. The first-order valence-electron chi connectivity index (χ1n) is 17.9. The van der Waals surface area contributed by atoms with Crippen molar-refractivity contribution in [1.82, 2.24) is 10.3 Å². The highest BCUT2D eigenvalue weighted by molar-refractivity contribution is 6.74. The van der Waals surface area contributed by atoms with Crippen LogP contribution in [-0.4, -0.2) is 44.0 Å². The van der Waals surface area contributed by atoms with Crippen LogP contribution in [0.2, 0.25) is 18.1 Å². The predicted octanol–water partition coefficient (Wildman–Crippen LogP) is 8.20. The monoisotopic (exact) mass is 734 g/mol. The molecule has 0 aliphatic carbocycles. The van der Waals surface area contributed by atoms with Crippen LogP contribution >= 0.6 is 0 Å². The summed E-state index contributed by atoms with van der Waals surface area (Å²) >= 11 is 0. The lowest BCUT2D eigenvalue weighted by atomic mass is 10.00. The van der Waals surface area contributed by atoms with Crippen molar-refractivity contribution >= 4 is 36.9 Å². The van der Waals surface area contributed by atoms with E-state index < -0.39 is 14.4 Å². The third kappa shape index (κ3) is 9.81. The first kappa shape index (κ1) is 39.0. The number of anilines is 1. The smallest absolute Gasteiger partial charge is 0.409 e. The Morgan fingerprint density at radius 3 is 2.32 bits per heavy atom. The lowest BCUT2D eigenvalue weighted by Crippen LogP contribution is -2.43. The van der Waals surface area contributed by atoms with Gasteiger partial charge in [0.1, 0.15) is 11.5 Å². The topological polar surface area (TPSA) is 147 Å². The number of fused-ring (bicyclic) bond motifs is 1. The van der Waals surface area contributed by atoms with E-state index in [-0.39, 0.29) is 28.4 Å². The lowest BCUT2D eigenvalue weighted by Gasteiger charge is -2.39. The molecule has 0 unspecified atom stereocenters. The van der Waals surface area contributed by atoms with Crippen LogP contribution in [0.5, 0.6) is 11.5 Å². The van der Waals surface area contributed by atoms with E-state index in [1.165, 1.54) is 6.07 Å². The number of nitrogens with zero attached hydrogens (tertiary/aromatic N) is 1. The third-order valence-electron chi connectivity index (χ3n) is 10.1. The second-order valence-electron chi connectivity index (χ2n) is 14.9. The lowest BCUT2D eigenvalue weighted by molar-refractivity contribution is -0.118. The Kier molecular flexibility index (Phi) is 12.2. The largest absolute Gasteiger partial charge is 0.506 e. The van der Waals surface area contributed by atoms with Crippen LogP contribution in [0.4, 0.5) is 10.5 Å². The van der Waals surface area contributed by atoms with Gasteiger partial charge in [-0.25, -0.2) is 4.79 Å². The summed E-state index contributed by atoms with van der Waals surface area (Å²) in [5, 5.41) is 14.8. The van der Waals surface area contributed by atoms with E-state index in [0.717, 1.165) is 38.9 Å². The van der Waals surface area contributed by atoms with E-state index in [1.807, 2.05) is 78.9 Å². The molecule has 0 fully saturated rings. The number of phenols is 1. The number of aromatic hydroxyl groups is 1. The first-order chi connectivity index (χ1) is 25.1. The summed E-state index contributed by atoms with van der Waals surface area (Å²) < 4.78 is 12.2. The molecule has 0 spiro atoms. The summed E-state index contributed by atoms with van der Waals surface area (Å²) in [5.74, 6) is 0.409. The molecule has 0 aliphatic rings. The maximum atomic E-state index is 13.2. The molecule has 0 saturated carbocycles. The Hall–Kier alpha value is -5.23. The van der Waals surface area contributed by atoms with Gasteiger partial charge >= 0.3 is 6.09 Å². The van der Waals surface area contributed by atoms with Crippen molar-refractivity contribution in [2.45, 2.75) is 70.8 Å². The molecule has 10 nitrogen and oxygen atoms in total. The van der Waals surface area contributed by atoms with Crippen molar-refractivity contribution in [1.29, 1.82) is 0 Å². The normalized spacial score (nSPS) is 12.4. The minimum Gasteiger partial charge on any atom is -0.506 e. The van der Waals surface area contributed by atoms with E-state index in [9.17, 15) is 19.5 Å². The maximum absolute atomic E-state index is 13.2. The van der Waals surface area contributed by atoms with Gasteiger partial charge in [-0.1, -0.05) is 81.4 Å². The second kappa shape index (κ2) is 16.6. The Balaban J connectivity index is 1.19. The highest BCUT2D eigenvalue weighted by Gasteiger charge is 2.39. The number of nitrogens with two attached hydrogens (primary N) is 1. The number of benzene rings is 4. The Morgan fingerprint density at radius 1 is 0.943 bits per heavy atom. The molecule has 0 saturated heterocycles. The number of pyridine rings is 1. The number of nitrogens with one attached hydrogen (secondary N) is 2. The molecule has 11 heteroatoms. The van der Waals surface area contributed by atoms with Gasteiger partial charge in [-0.05, 0) is 83.6 Å². The van der Waals surface area contributed by atoms with Crippen LogP contribution in [0.1, 0.15) is 56.4 Å². The molecule has 5 N–H and O–H groups in total. The number of primary amides is 1. The summed E-state index contributed by atoms with van der Waals surface area (Å²) in [6.07, 6.45) is 0.405. The first-order valence-corrected chi connectivity index (χ1v) is 20.8. The van der Waals surface area contributed by atoms with Crippen LogP contribution < -0.4 is 26.2 Å². The summed E-state index contributed by atoms with van der Waals surface area (Å²) in [6.45, 7) is 12.1. The van der Waals surface area contributed by atoms with Gasteiger partial charge in [0.05, 0.1) is 11.6 Å². The van der Waals surface area contributed by atoms with Gasteiger partial charge in [0.15, 0.2) is 8.32 Å². The standard InChI is InChI=1S/C42H50N4O6Si/c1-42(2,3)53(5,6)52-37(33-21-23-35(47)40-34(33)22-24-38(48)45-40)27-44-26-29-15-18-31(19-16-29)46(4)39(49)14-10-11-28-17-20-32(30-12-8-7-9-13-30)36(25-28)51-41(43)50/h7-9,12-13,15-25,37,44,47H,10-11,14,26-27H2,1-6H3,(H2,43,50)(H,45,48)/t37-/m0/s1. The SMILES string of the molecule is CN(C(=O)CCCc1ccc(-c2ccccc2)c(OC(N)=O)c1)c1ccc(CNC[C@H](O[Si](C)(C)C(C)(C)C)c2ccc(O)c3[nH]c(=O)ccc23)cc1. The summed E-state index contributed by atoms with van der Waals surface area (Å²) in [6, 6.07) is 29.9. The average Bonchev–Trinajstić information content (AvgIpc) is 3.11. The minimum absolute atomic E-state index is 0.00141. The third-order valence-corrected chi connectivity index (χ3v) is 14.5. The molecule has 1 atom stereocenters. The average molecular weight is 735 g/mol. The zero-order chi connectivity index (χ0) is 38.3. The molecule has 1 heterocycles. The molecule has 5 rings (SSSR count). The van der Waals surface area contributed by atoms with Crippen LogP contribution in [0.25, 0.3) is 22.0 Å². The van der Waals surface area contributed by atoms with Crippen molar-refractivity contribution in [2.75, 3.05) is 18.5 Å². The minimum atomic E-state index is -2.21. The number of aryl methyl sites for hydroxylation is 1. The van der Waals surface area contributed by atoms with E-state index >= 15 is 0 Å². The van der Waals surface area contributed by atoms with Gasteiger partial charge in [0.2, 0.25) is 11.5 Å². The highest BCUT2D eigenvalue weighted by atomic mass is 28.4. The van der Waals surface area contributed by atoms with Crippen LogP contribution in [0, 0.1) is 0 Å². The van der Waals surface area contributed by atoms with Crippen molar-refractivity contribution in [3.63, 3.8) is 0 Å². The Morgan fingerprint density at radius 2 is 1.64 bits per heavy atom. The number of aromatic amines is 1. The molecule has 0 bridgehead atoms. The molecule has 2 amide bonds. The van der Waals surface area contributed by atoms with Crippen molar-refractivity contribution in [2.24, 2.45) is 5.73 Å². The fourth-order valence-electron chi connectivity index (χ4n) is 6.00. The molecule has 1 aromatic heterocycles. The number of aromatic nitrogens is 1. The number of phenolic OH excluding ortho intramolecular Hbond substituents is 1. The van der Waals surface area contributed by atoms with Gasteiger partial charge in [-0.3, -0.25) is 9.59 Å². The zero-order valence-corrected chi connectivity index (χ0v) is 32.4. The number of carbonyl (C=O) groups is 2. The number of H-pyrrole nitrogens is 1. The summed E-state index contributed by atoms with van der Waals surface area (Å²) in [4.78, 5) is 41.2. The number of rotatable bonds is 14. The molecule has 4 aromatic carbocycles. The van der Waals surface area contributed by atoms with E-state index in [0.29, 0.717) is 43.6 Å². The van der Waals surface area contributed by atoms with E-state index in [2.05, 4.69) is 44.2 Å². The fraction of sp³-hybridized carbons (Fsp3) is 0.310. The van der Waals surface area contributed by atoms with Gasteiger partial charge in [-0.2, -0.15) is 0 Å². The number of amides is 2. The van der Waals surface area contributed by atoms with Gasteiger partial charge in [0.25, 0.3) is 0 Å².